The zero-order chi connectivity index (χ0) is 53.7. The molecular weight excluding hydrogens is 1060 g/mol. The van der Waals surface area contributed by atoms with Gasteiger partial charge in [0, 0.05) is 12.8 Å². The van der Waals surface area contributed by atoms with E-state index in [2.05, 4.69) is 0 Å². The molecule has 0 aliphatic heterocycles. The van der Waals surface area contributed by atoms with E-state index in [9.17, 15) is 167 Å². The summed E-state index contributed by atoms with van der Waals surface area (Å²) in [7, 11) is -5.70. The van der Waals surface area contributed by atoms with Crippen molar-refractivity contribution in [3.8, 4) is 0 Å². The summed E-state index contributed by atoms with van der Waals surface area (Å²) in [5.74, 6) is -142. The van der Waals surface area contributed by atoms with Crippen LogP contribution in [0.15, 0.2) is 0 Å². The Morgan fingerprint density at radius 2 is 0.400 bits per heavy atom. The maximum atomic E-state index is 14.5. The lowest BCUT2D eigenvalue weighted by atomic mass is 9.87. The van der Waals surface area contributed by atoms with Gasteiger partial charge < -0.3 is 5.40 Å². The summed E-state index contributed by atoms with van der Waals surface area (Å²) in [5, 5.41) is 5.18. The van der Waals surface area contributed by atoms with E-state index in [4.69, 9.17) is 5.40 Å². The zero-order valence-corrected chi connectivity index (χ0v) is 30.7. The summed E-state index contributed by atoms with van der Waals surface area (Å²) >= 11 is 0. The monoisotopic (exact) mass is 1080 g/mol. The summed E-state index contributed by atoms with van der Waals surface area (Å²) < 4.78 is 516. The molecule has 0 amide bonds. The molecule has 0 saturated carbocycles. The number of hydrogen-bond donors (Lipinski definition) is 1. The van der Waals surface area contributed by atoms with Crippen LogP contribution in [0.2, 0.25) is 18.1 Å². The van der Waals surface area contributed by atoms with Gasteiger partial charge in [-0.3, -0.25) is 0 Å². The number of nitrogens with two attached hydrogens (primary N) is 1. The maximum Gasteiger partial charge on any atom is 0.460 e. The van der Waals surface area contributed by atoms with Gasteiger partial charge in [0.2, 0.25) is 0 Å². The first kappa shape index (κ1) is 62.5. The molecule has 0 aliphatic carbocycles. The molecule has 0 aromatic carbocycles. The highest BCUT2D eigenvalue weighted by molar-refractivity contribution is 6.76. The van der Waals surface area contributed by atoms with Crippen LogP contribution in [-0.4, -0.2) is 115 Å². The van der Waals surface area contributed by atoms with E-state index in [1.54, 1.807) is 0 Å². The average molecular weight is 1080 g/mol. The van der Waals surface area contributed by atoms with Crippen molar-refractivity contribution in [2.75, 3.05) is 0 Å². The third kappa shape index (κ3) is 8.56. The Labute approximate surface area is 333 Å². The van der Waals surface area contributed by atoms with Crippen LogP contribution >= 0.6 is 0 Å². The van der Waals surface area contributed by atoms with Crippen LogP contribution in [0, 0.1) is 0 Å². The number of halogens is 38. The highest BCUT2D eigenvalue weighted by Gasteiger charge is 2.98. The largest absolute Gasteiger partial charge is 0.460 e. The first-order chi connectivity index (χ1) is 27.5. The smallest absolute Gasteiger partial charge is 0.351 e. The van der Waals surface area contributed by atoms with Crippen molar-refractivity contribution < 1.29 is 167 Å². The first-order valence-electron chi connectivity index (χ1n) is 15.4. The van der Waals surface area contributed by atoms with Gasteiger partial charge >= 0.3 is 107 Å². The first-order valence-corrected chi connectivity index (χ1v) is 18.1. The van der Waals surface area contributed by atoms with E-state index in [1.165, 1.54) is 0 Å². The maximum absolute atomic E-state index is 14.5. The molecule has 1 nitrogen and oxygen atoms in total. The van der Waals surface area contributed by atoms with Gasteiger partial charge in [-0.15, -0.1) is 0 Å². The van der Waals surface area contributed by atoms with E-state index in [0.717, 1.165) is 0 Å². The average Bonchev–Trinajstić information content (AvgIpc) is 3.07. The lowest BCUT2D eigenvalue weighted by molar-refractivity contribution is -0.468. The lowest BCUT2D eigenvalue weighted by Crippen LogP contribution is -2.75. The van der Waals surface area contributed by atoms with Gasteiger partial charge in [0.1, 0.15) is 8.24 Å². The minimum absolute atomic E-state index is 0.595. The van der Waals surface area contributed by atoms with Crippen LogP contribution < -0.4 is 5.40 Å². The highest BCUT2D eigenvalue weighted by atomic mass is 28.3. The van der Waals surface area contributed by atoms with Crippen molar-refractivity contribution in [1.29, 1.82) is 0 Å². The molecule has 0 atom stereocenters. The Kier molecular flexibility index (Phi) is 15.7. The highest BCUT2D eigenvalue weighted by Crippen LogP contribution is 2.68. The Morgan fingerprint density at radius 3 is 0.554 bits per heavy atom. The number of rotatable bonds is 22. The standard InChI is InChI=1S/C25H17F38NSi/c1-2-5-65(64,6-3-8(26,27)10(30,31)12(34,35)14(38,39)16(42,43)18(46,47)20(50,51)22(54,55)24(58,59)60)7-4-9(28,29)11(32,33)13(36,37)15(40,41)17(44,45)19(48,49)21(52,53)23(56,57)25(61,62)63/h2-7,64H2,1H3. The van der Waals surface area contributed by atoms with E-state index in [0.29, 0.717) is 6.92 Å². The molecule has 0 aliphatic rings. The molecular formula is C25H17F38NSi. The van der Waals surface area contributed by atoms with Gasteiger partial charge in [0.15, 0.2) is 0 Å². The predicted octanol–water partition coefficient (Wildman–Crippen LogP) is 14.4. The molecule has 0 bridgehead atoms. The van der Waals surface area contributed by atoms with Crippen molar-refractivity contribution in [1.82, 2.24) is 0 Å². The van der Waals surface area contributed by atoms with E-state index < -0.39 is 153 Å². The SMILES string of the molecule is CCC[Si](N)(CCC(F)(F)C(F)(F)C(F)(F)C(F)(F)C(F)(F)C(F)(F)C(F)(F)C(F)(F)C(F)(F)F)CCC(F)(F)C(F)(F)C(F)(F)C(F)(F)C(F)(F)C(F)(F)C(F)(F)C(F)(F)C(F)(F)F. The van der Waals surface area contributed by atoms with Gasteiger partial charge in [-0.2, -0.15) is 167 Å². The molecule has 0 saturated heterocycles. The molecule has 0 unspecified atom stereocenters. The minimum Gasteiger partial charge on any atom is -0.351 e. The summed E-state index contributed by atoms with van der Waals surface area (Å²) in [5.41, 5.74) is 0. The molecule has 0 fully saturated rings. The van der Waals surface area contributed by atoms with Crippen molar-refractivity contribution in [3.63, 3.8) is 0 Å². The van der Waals surface area contributed by atoms with Gasteiger partial charge in [-0.1, -0.05) is 13.3 Å². The number of alkyl halides is 38. The Balaban J connectivity index is 7.08. The van der Waals surface area contributed by atoms with Crippen LogP contribution in [0.1, 0.15) is 26.2 Å². The van der Waals surface area contributed by atoms with Crippen molar-refractivity contribution in [2.24, 2.45) is 5.40 Å². The fourth-order valence-corrected chi connectivity index (χ4v) is 8.16. The van der Waals surface area contributed by atoms with Crippen molar-refractivity contribution in [2.45, 2.75) is 151 Å². The van der Waals surface area contributed by atoms with E-state index in [1.807, 2.05) is 0 Å². The third-order valence-electron chi connectivity index (χ3n) is 8.98. The van der Waals surface area contributed by atoms with Crippen LogP contribution in [0.25, 0.3) is 0 Å². The summed E-state index contributed by atoms with van der Waals surface area (Å²) in [4.78, 5) is 0. The second kappa shape index (κ2) is 16.3. The quantitative estimate of drug-likeness (QED) is 0.0849. The summed E-state index contributed by atoms with van der Waals surface area (Å²) in [6.45, 7) is 0.595. The molecule has 392 valence electrons. The van der Waals surface area contributed by atoms with Crippen LogP contribution in [0.4, 0.5) is 167 Å². The van der Waals surface area contributed by atoms with Gasteiger partial charge in [0.05, 0.1) is 0 Å². The van der Waals surface area contributed by atoms with Crippen LogP contribution in [0.5, 0.6) is 0 Å². The molecule has 2 N–H and O–H groups in total. The second-order valence-electron chi connectivity index (χ2n) is 13.6. The van der Waals surface area contributed by atoms with Crippen LogP contribution in [0.3, 0.4) is 0 Å². The minimum atomic E-state index is -9.42. The normalized spacial score (nSPS) is 17.0. The van der Waals surface area contributed by atoms with Crippen LogP contribution in [-0.2, 0) is 0 Å². The second-order valence-corrected chi connectivity index (χ2v) is 17.8. The lowest BCUT2D eigenvalue weighted by Gasteiger charge is -2.44. The third-order valence-corrected chi connectivity index (χ3v) is 13.0. The Hall–Kier alpha value is -2.48. The van der Waals surface area contributed by atoms with Gasteiger partial charge in [-0.25, -0.2) is 0 Å². The Morgan fingerprint density at radius 1 is 0.246 bits per heavy atom. The van der Waals surface area contributed by atoms with E-state index in [-0.39, 0.29) is 0 Å². The van der Waals surface area contributed by atoms with Gasteiger partial charge in [0.25, 0.3) is 0 Å². The summed E-state index contributed by atoms with van der Waals surface area (Å²) in [6, 6.07) is -6.89. The fraction of sp³-hybridized carbons (Fsp3) is 1.00. The summed E-state index contributed by atoms with van der Waals surface area (Å²) in [6.07, 6.45) is -24.8. The Bertz CT molecular complexity index is 1530. The molecule has 0 heterocycles. The van der Waals surface area contributed by atoms with E-state index >= 15 is 0 Å². The number of hydrogen-bond acceptors (Lipinski definition) is 1. The van der Waals surface area contributed by atoms with Crippen molar-refractivity contribution in [3.05, 3.63) is 0 Å². The molecule has 0 rings (SSSR count). The molecule has 0 aromatic heterocycles. The topological polar surface area (TPSA) is 26.0 Å². The zero-order valence-electron chi connectivity index (χ0n) is 29.7. The molecule has 65 heavy (non-hydrogen) atoms. The van der Waals surface area contributed by atoms with Gasteiger partial charge in [-0.05, 0) is 18.1 Å². The molecule has 0 radical (unpaired) electrons. The molecule has 0 aromatic rings. The fourth-order valence-electron chi connectivity index (χ4n) is 4.79. The molecule has 40 heteroatoms. The predicted molar refractivity (Wildman–Crippen MR) is 135 cm³/mol. The molecule has 0 spiro atoms. The van der Waals surface area contributed by atoms with Crippen molar-refractivity contribution >= 4 is 8.24 Å².